The van der Waals surface area contributed by atoms with Gasteiger partial charge in [0.2, 0.25) is 11.9 Å². The number of aromatic nitrogens is 2. The summed E-state index contributed by atoms with van der Waals surface area (Å²) in [6, 6.07) is 5.46. The van der Waals surface area contributed by atoms with Gasteiger partial charge >= 0.3 is 0 Å². The van der Waals surface area contributed by atoms with Gasteiger partial charge in [-0.05, 0) is 60.7 Å². The van der Waals surface area contributed by atoms with E-state index in [1.54, 1.807) is 24.5 Å². The first kappa shape index (κ1) is 24.7. The lowest BCUT2D eigenvalue weighted by Gasteiger charge is -2.25. The second kappa shape index (κ2) is 11.2. The number of benzene rings is 1. The molecule has 2 aromatic rings. The van der Waals surface area contributed by atoms with Gasteiger partial charge in [0.05, 0.1) is 15.8 Å². The number of amides is 2. The molecule has 1 aliphatic heterocycles. The van der Waals surface area contributed by atoms with E-state index in [1.165, 1.54) is 6.08 Å². The molecule has 1 saturated heterocycles. The summed E-state index contributed by atoms with van der Waals surface area (Å²) < 4.78 is 0.815. The standard InChI is InChI=1S/C23H30BrN7O2/c1-5-21(32)28-19-7-6-16(12-20(19)30(4)11-10-29(2)3)22(33)31-9-8-18(15-31)27-23-25-13-17(24)14-26-23/h5-7,12-14,18H,1,8-11,15H2,2-4H3,(H,28,32)(H,25,26,27)/t18-/m0/s1. The first-order valence-corrected chi connectivity index (χ1v) is 11.5. The number of likely N-dealkylation sites (N-methyl/N-ethyl adjacent to an activating group) is 2. The Hall–Kier alpha value is -2.98. The highest BCUT2D eigenvalue weighted by molar-refractivity contribution is 9.10. The number of carbonyl (C=O) groups excluding carboxylic acids is 2. The van der Waals surface area contributed by atoms with Gasteiger partial charge in [-0.3, -0.25) is 9.59 Å². The predicted octanol–water partition coefficient (Wildman–Crippen LogP) is 2.69. The number of carbonyl (C=O) groups is 2. The van der Waals surface area contributed by atoms with Crippen molar-refractivity contribution in [1.29, 1.82) is 0 Å². The van der Waals surface area contributed by atoms with Gasteiger partial charge in [-0.1, -0.05) is 6.58 Å². The topological polar surface area (TPSA) is 93.7 Å². The Morgan fingerprint density at radius 1 is 1.24 bits per heavy atom. The van der Waals surface area contributed by atoms with Crippen molar-refractivity contribution in [1.82, 2.24) is 19.8 Å². The molecule has 2 N–H and O–H groups in total. The van der Waals surface area contributed by atoms with Gasteiger partial charge in [-0.2, -0.15) is 0 Å². The summed E-state index contributed by atoms with van der Waals surface area (Å²) in [7, 11) is 5.96. The van der Waals surface area contributed by atoms with Crippen LogP contribution in [-0.2, 0) is 4.79 Å². The summed E-state index contributed by atoms with van der Waals surface area (Å²) in [6.45, 7) is 6.31. The number of nitrogens with zero attached hydrogens (tertiary/aromatic N) is 5. The quantitative estimate of drug-likeness (QED) is 0.495. The van der Waals surface area contributed by atoms with Gasteiger partial charge in [0, 0.05) is 57.2 Å². The highest BCUT2D eigenvalue weighted by Gasteiger charge is 2.28. The molecule has 0 bridgehead atoms. The van der Waals surface area contributed by atoms with Crippen LogP contribution in [-0.4, -0.2) is 84.9 Å². The molecule has 1 aliphatic rings. The van der Waals surface area contributed by atoms with Crippen LogP contribution in [0, 0.1) is 0 Å². The third kappa shape index (κ3) is 6.75. The normalized spacial score (nSPS) is 15.4. The van der Waals surface area contributed by atoms with E-state index in [0.717, 1.165) is 29.7 Å². The van der Waals surface area contributed by atoms with Crippen molar-refractivity contribution in [3.05, 3.63) is 53.3 Å². The van der Waals surface area contributed by atoms with Crippen LogP contribution in [0.1, 0.15) is 16.8 Å². The van der Waals surface area contributed by atoms with E-state index in [2.05, 4.69) is 48.0 Å². The van der Waals surface area contributed by atoms with Crippen molar-refractivity contribution in [2.75, 3.05) is 62.9 Å². The molecular weight excluding hydrogens is 486 g/mol. The smallest absolute Gasteiger partial charge is 0.254 e. The first-order valence-electron chi connectivity index (χ1n) is 10.7. The Labute approximate surface area is 203 Å². The summed E-state index contributed by atoms with van der Waals surface area (Å²) in [6.07, 6.45) is 5.42. The number of likely N-dealkylation sites (tertiary alicyclic amines) is 1. The lowest BCUT2D eigenvalue weighted by atomic mass is 10.1. The average molecular weight is 516 g/mol. The van der Waals surface area contributed by atoms with Gasteiger partial charge in [0.1, 0.15) is 0 Å². The maximum atomic E-state index is 13.3. The fourth-order valence-electron chi connectivity index (χ4n) is 3.55. The Morgan fingerprint density at radius 2 is 1.97 bits per heavy atom. The highest BCUT2D eigenvalue weighted by atomic mass is 79.9. The number of hydrogen-bond acceptors (Lipinski definition) is 7. The van der Waals surface area contributed by atoms with E-state index < -0.39 is 0 Å². The van der Waals surface area contributed by atoms with Crippen molar-refractivity contribution in [3.63, 3.8) is 0 Å². The Bertz CT molecular complexity index is 997. The van der Waals surface area contributed by atoms with Crippen LogP contribution in [0.15, 0.2) is 47.7 Å². The van der Waals surface area contributed by atoms with Crippen LogP contribution in [0.3, 0.4) is 0 Å². The zero-order valence-corrected chi connectivity index (χ0v) is 20.8. The van der Waals surface area contributed by atoms with Crippen molar-refractivity contribution in [3.8, 4) is 0 Å². The minimum absolute atomic E-state index is 0.0418. The van der Waals surface area contributed by atoms with Crippen LogP contribution in [0.5, 0.6) is 0 Å². The van der Waals surface area contributed by atoms with E-state index in [1.807, 2.05) is 37.0 Å². The highest BCUT2D eigenvalue weighted by Crippen LogP contribution is 2.28. The third-order valence-electron chi connectivity index (χ3n) is 5.41. The van der Waals surface area contributed by atoms with E-state index in [4.69, 9.17) is 0 Å². The molecule has 2 heterocycles. The molecule has 1 aromatic heterocycles. The zero-order valence-electron chi connectivity index (χ0n) is 19.2. The molecule has 0 unspecified atom stereocenters. The lowest BCUT2D eigenvalue weighted by molar-refractivity contribution is -0.111. The summed E-state index contributed by atoms with van der Waals surface area (Å²) in [4.78, 5) is 39.6. The van der Waals surface area contributed by atoms with Gasteiger partial charge in [-0.25, -0.2) is 9.97 Å². The van der Waals surface area contributed by atoms with E-state index >= 15 is 0 Å². The maximum Gasteiger partial charge on any atom is 0.254 e. The fraction of sp³-hybridized carbons (Fsp3) is 0.391. The number of rotatable bonds is 9. The Kier molecular flexibility index (Phi) is 8.40. The molecule has 10 heteroatoms. The molecule has 0 aliphatic carbocycles. The number of anilines is 3. The average Bonchev–Trinajstić information content (AvgIpc) is 3.27. The largest absolute Gasteiger partial charge is 0.372 e. The van der Waals surface area contributed by atoms with Crippen LogP contribution >= 0.6 is 15.9 Å². The van der Waals surface area contributed by atoms with Gasteiger partial charge in [-0.15, -0.1) is 0 Å². The van der Waals surface area contributed by atoms with E-state index in [9.17, 15) is 9.59 Å². The zero-order chi connectivity index (χ0) is 24.0. The summed E-state index contributed by atoms with van der Waals surface area (Å²) in [5, 5.41) is 6.13. The number of nitrogens with one attached hydrogen (secondary N) is 2. The van der Waals surface area contributed by atoms with Crippen molar-refractivity contribution in [2.45, 2.75) is 12.5 Å². The van der Waals surface area contributed by atoms with Gasteiger partial charge < -0.3 is 25.3 Å². The molecule has 2 amide bonds. The third-order valence-corrected chi connectivity index (χ3v) is 5.82. The molecule has 0 spiro atoms. The molecule has 3 rings (SSSR count). The Balaban J connectivity index is 1.73. The molecule has 176 valence electrons. The minimum Gasteiger partial charge on any atom is -0.372 e. The fourth-order valence-corrected chi connectivity index (χ4v) is 3.76. The van der Waals surface area contributed by atoms with Gasteiger partial charge in [0.25, 0.3) is 5.91 Å². The number of hydrogen-bond donors (Lipinski definition) is 2. The summed E-state index contributed by atoms with van der Waals surface area (Å²) in [5.74, 6) is 0.212. The predicted molar refractivity (Wildman–Crippen MR) is 135 cm³/mol. The molecule has 33 heavy (non-hydrogen) atoms. The minimum atomic E-state index is -0.292. The molecule has 0 saturated carbocycles. The van der Waals surface area contributed by atoms with Crippen molar-refractivity contribution < 1.29 is 9.59 Å². The first-order chi connectivity index (χ1) is 15.8. The van der Waals surface area contributed by atoms with E-state index in [0.29, 0.717) is 30.3 Å². The van der Waals surface area contributed by atoms with Crippen molar-refractivity contribution in [2.24, 2.45) is 0 Å². The van der Waals surface area contributed by atoms with Crippen molar-refractivity contribution >= 4 is 45.1 Å². The number of halogens is 1. The summed E-state index contributed by atoms with van der Waals surface area (Å²) in [5.41, 5.74) is 2.01. The molecule has 1 atom stereocenters. The molecule has 0 radical (unpaired) electrons. The second-order valence-electron chi connectivity index (χ2n) is 8.26. The molecule has 9 nitrogen and oxygen atoms in total. The van der Waals surface area contributed by atoms with Gasteiger partial charge in [0.15, 0.2) is 0 Å². The molecular formula is C23H30BrN7O2. The molecule has 1 aromatic carbocycles. The van der Waals surface area contributed by atoms with Crippen LogP contribution in [0.25, 0.3) is 0 Å². The molecule has 1 fully saturated rings. The Morgan fingerprint density at radius 3 is 2.64 bits per heavy atom. The maximum absolute atomic E-state index is 13.3. The SMILES string of the molecule is C=CC(=O)Nc1ccc(C(=O)N2CC[C@H](Nc3ncc(Br)cn3)C2)cc1N(C)CCN(C)C. The van der Waals surface area contributed by atoms with Crippen LogP contribution in [0.2, 0.25) is 0 Å². The van der Waals surface area contributed by atoms with Crippen LogP contribution in [0.4, 0.5) is 17.3 Å². The summed E-state index contributed by atoms with van der Waals surface area (Å²) >= 11 is 3.33. The lowest BCUT2D eigenvalue weighted by Crippen LogP contribution is -2.32. The van der Waals surface area contributed by atoms with Crippen LogP contribution < -0.4 is 15.5 Å². The monoisotopic (exact) mass is 515 g/mol. The van der Waals surface area contributed by atoms with E-state index in [-0.39, 0.29) is 17.9 Å². The second-order valence-corrected chi connectivity index (χ2v) is 9.17.